The van der Waals surface area contributed by atoms with Crippen LogP contribution in [0.3, 0.4) is 0 Å². The summed E-state index contributed by atoms with van der Waals surface area (Å²) in [4.78, 5) is 14.2. The lowest BCUT2D eigenvalue weighted by molar-refractivity contribution is 1.37. The van der Waals surface area contributed by atoms with Crippen LogP contribution in [0.2, 0.25) is 0 Å². The van der Waals surface area contributed by atoms with Crippen molar-refractivity contribution in [1.29, 1.82) is 0 Å². The molecule has 0 aliphatic rings. The van der Waals surface area contributed by atoms with E-state index in [1.54, 1.807) is 0 Å². The van der Waals surface area contributed by atoms with Gasteiger partial charge in [-0.25, -0.2) is 4.98 Å². The number of benzene rings is 4. The van der Waals surface area contributed by atoms with Gasteiger partial charge in [0, 0.05) is 39.7 Å². The second kappa shape index (κ2) is 7.46. The zero-order valence-electron chi connectivity index (χ0n) is 18.3. The maximum Gasteiger partial charge on any atom is 0.0972 e. The van der Waals surface area contributed by atoms with E-state index in [2.05, 4.69) is 94.9 Å². The first-order valence-electron chi connectivity index (χ1n) is 11.4. The lowest BCUT2D eigenvalue weighted by Gasteiger charge is -2.09. The molecule has 0 unspecified atom stereocenters. The van der Waals surface area contributed by atoms with Gasteiger partial charge in [-0.1, -0.05) is 66.7 Å². The first-order chi connectivity index (χ1) is 16.8. The first-order valence-corrected chi connectivity index (χ1v) is 11.4. The zero-order chi connectivity index (χ0) is 22.5. The summed E-state index contributed by atoms with van der Waals surface area (Å²) < 4.78 is 0. The van der Waals surface area contributed by atoms with Crippen LogP contribution in [0.5, 0.6) is 0 Å². The molecule has 0 bridgehead atoms. The Morgan fingerprint density at radius 2 is 1.12 bits per heavy atom. The third kappa shape index (κ3) is 3.10. The van der Waals surface area contributed by atoms with Gasteiger partial charge in [0.2, 0.25) is 0 Å². The molecule has 0 aliphatic carbocycles. The average molecular weight is 434 g/mol. The van der Waals surface area contributed by atoms with Gasteiger partial charge in [-0.15, -0.1) is 0 Å². The van der Waals surface area contributed by atoms with Crippen molar-refractivity contribution in [2.45, 2.75) is 0 Å². The Balaban J connectivity index is 1.31. The Bertz CT molecular complexity index is 1870. The largest absolute Gasteiger partial charge is 0.256 e. The number of aromatic nitrogens is 3. The predicted octanol–water partition coefficient (Wildman–Crippen LogP) is 7.82. The van der Waals surface area contributed by atoms with Crippen LogP contribution in [0.15, 0.2) is 116 Å². The molecule has 0 saturated carbocycles. The van der Waals surface area contributed by atoms with Gasteiger partial charge in [0.15, 0.2) is 0 Å². The topological polar surface area (TPSA) is 38.7 Å². The standard InChI is InChI=1S/C31H19N3/c1-2-6-28-25(4-1)18-27(19-33-28)24-10-9-23-17-26(12-11-22(23)16-24)29-14-13-21-8-7-20-5-3-15-32-30(20)31(21)34-29/h1-19H. The van der Waals surface area contributed by atoms with Crippen molar-refractivity contribution in [3.63, 3.8) is 0 Å². The normalized spacial score (nSPS) is 11.5. The Morgan fingerprint density at radius 1 is 0.441 bits per heavy atom. The van der Waals surface area contributed by atoms with E-state index in [-0.39, 0.29) is 0 Å². The maximum absolute atomic E-state index is 5.00. The summed E-state index contributed by atoms with van der Waals surface area (Å²) in [6.45, 7) is 0. The monoisotopic (exact) mass is 433 g/mol. The molecule has 7 aromatic rings. The molecule has 0 N–H and O–H groups in total. The van der Waals surface area contributed by atoms with Crippen molar-refractivity contribution >= 4 is 43.5 Å². The minimum Gasteiger partial charge on any atom is -0.256 e. The highest BCUT2D eigenvalue weighted by Crippen LogP contribution is 2.30. The summed E-state index contributed by atoms with van der Waals surface area (Å²) in [5.74, 6) is 0. The smallest absolute Gasteiger partial charge is 0.0972 e. The van der Waals surface area contributed by atoms with Crippen LogP contribution in [0.4, 0.5) is 0 Å². The van der Waals surface area contributed by atoms with Crippen LogP contribution in [-0.4, -0.2) is 15.0 Å². The molecule has 34 heavy (non-hydrogen) atoms. The van der Waals surface area contributed by atoms with E-state index < -0.39 is 0 Å². The second-order valence-electron chi connectivity index (χ2n) is 8.60. The number of nitrogens with zero attached hydrogens (tertiary/aromatic N) is 3. The number of pyridine rings is 3. The lowest BCUT2D eigenvalue weighted by atomic mass is 9.99. The van der Waals surface area contributed by atoms with E-state index in [9.17, 15) is 0 Å². The minimum atomic E-state index is 0.940. The van der Waals surface area contributed by atoms with Gasteiger partial charge in [0.05, 0.1) is 22.2 Å². The number of rotatable bonds is 2. The lowest BCUT2D eigenvalue weighted by Crippen LogP contribution is -1.89. The molecule has 7 rings (SSSR count). The highest BCUT2D eigenvalue weighted by atomic mass is 14.7. The van der Waals surface area contributed by atoms with E-state index in [0.29, 0.717) is 0 Å². The van der Waals surface area contributed by atoms with Gasteiger partial charge in [0.25, 0.3) is 0 Å². The fraction of sp³-hybridized carbons (Fsp3) is 0. The third-order valence-corrected chi connectivity index (χ3v) is 6.49. The maximum atomic E-state index is 5.00. The first kappa shape index (κ1) is 18.9. The van der Waals surface area contributed by atoms with Gasteiger partial charge < -0.3 is 0 Å². The van der Waals surface area contributed by atoms with E-state index in [0.717, 1.165) is 49.5 Å². The Labute approximate surface area is 196 Å². The molecule has 0 amide bonds. The van der Waals surface area contributed by atoms with Crippen LogP contribution in [-0.2, 0) is 0 Å². The van der Waals surface area contributed by atoms with Crippen LogP contribution >= 0.6 is 0 Å². The number of hydrogen-bond donors (Lipinski definition) is 0. The molecule has 0 saturated heterocycles. The second-order valence-corrected chi connectivity index (χ2v) is 8.60. The van der Waals surface area contributed by atoms with E-state index in [1.807, 2.05) is 30.6 Å². The average Bonchev–Trinajstić information content (AvgIpc) is 2.92. The van der Waals surface area contributed by atoms with Gasteiger partial charge >= 0.3 is 0 Å². The molecule has 3 aromatic heterocycles. The summed E-state index contributed by atoms with van der Waals surface area (Å²) in [7, 11) is 0. The van der Waals surface area contributed by atoms with Crippen molar-refractivity contribution < 1.29 is 0 Å². The predicted molar refractivity (Wildman–Crippen MR) is 141 cm³/mol. The van der Waals surface area contributed by atoms with Gasteiger partial charge in [-0.3, -0.25) is 9.97 Å². The van der Waals surface area contributed by atoms with E-state index in [4.69, 9.17) is 4.98 Å². The van der Waals surface area contributed by atoms with Crippen molar-refractivity contribution in [1.82, 2.24) is 15.0 Å². The van der Waals surface area contributed by atoms with Crippen molar-refractivity contribution in [3.05, 3.63) is 116 Å². The highest BCUT2D eigenvalue weighted by molar-refractivity contribution is 6.03. The highest BCUT2D eigenvalue weighted by Gasteiger charge is 2.08. The molecule has 0 spiro atoms. The fourth-order valence-electron chi connectivity index (χ4n) is 4.70. The molecular weight excluding hydrogens is 414 g/mol. The minimum absolute atomic E-state index is 0.940. The molecule has 0 aliphatic heterocycles. The zero-order valence-corrected chi connectivity index (χ0v) is 18.3. The Morgan fingerprint density at radius 3 is 2.03 bits per heavy atom. The summed E-state index contributed by atoms with van der Waals surface area (Å²) in [6.07, 6.45) is 3.78. The van der Waals surface area contributed by atoms with Crippen molar-refractivity contribution in [3.8, 4) is 22.4 Å². The third-order valence-electron chi connectivity index (χ3n) is 6.49. The van der Waals surface area contributed by atoms with Gasteiger partial charge in [-0.2, -0.15) is 0 Å². The van der Waals surface area contributed by atoms with Crippen LogP contribution in [0.1, 0.15) is 0 Å². The Hall–Kier alpha value is -4.63. The van der Waals surface area contributed by atoms with E-state index in [1.165, 1.54) is 16.3 Å². The van der Waals surface area contributed by atoms with Crippen molar-refractivity contribution in [2.75, 3.05) is 0 Å². The summed E-state index contributed by atoms with van der Waals surface area (Å²) in [5.41, 5.74) is 7.24. The van der Waals surface area contributed by atoms with Gasteiger partial charge in [0.1, 0.15) is 0 Å². The summed E-state index contributed by atoms with van der Waals surface area (Å²) in [5, 5.41) is 5.74. The van der Waals surface area contributed by atoms with Crippen LogP contribution in [0, 0.1) is 0 Å². The number of hydrogen-bond acceptors (Lipinski definition) is 3. The molecule has 0 atom stereocenters. The Kier molecular flexibility index (Phi) is 4.15. The van der Waals surface area contributed by atoms with Crippen molar-refractivity contribution in [2.24, 2.45) is 0 Å². The number of para-hydroxylation sites is 1. The molecule has 158 valence electrons. The molecule has 3 heteroatoms. The molecule has 0 radical (unpaired) electrons. The fourth-order valence-corrected chi connectivity index (χ4v) is 4.70. The van der Waals surface area contributed by atoms with Crippen LogP contribution < -0.4 is 0 Å². The SMILES string of the molecule is c1ccc2ncc(-c3ccc4cc(-c5ccc6ccc7cccnc7c6n5)ccc4c3)cc2c1. The van der Waals surface area contributed by atoms with Crippen LogP contribution in [0.25, 0.3) is 65.9 Å². The van der Waals surface area contributed by atoms with E-state index >= 15 is 0 Å². The summed E-state index contributed by atoms with van der Waals surface area (Å²) in [6, 6.07) is 36.0. The number of fused-ring (bicyclic) bond motifs is 5. The quantitative estimate of drug-likeness (QED) is 0.261. The molecule has 4 aromatic carbocycles. The van der Waals surface area contributed by atoms with Gasteiger partial charge in [-0.05, 0) is 52.7 Å². The molecule has 3 nitrogen and oxygen atoms in total. The molecule has 0 fully saturated rings. The molecular formula is C31H19N3. The summed E-state index contributed by atoms with van der Waals surface area (Å²) >= 11 is 0. The molecule has 3 heterocycles.